The highest BCUT2D eigenvalue weighted by Gasteiger charge is 2.18. The molecule has 84 valence electrons. The summed E-state index contributed by atoms with van der Waals surface area (Å²) < 4.78 is 4.63. The Morgan fingerprint density at radius 1 is 1.67 bits per heavy atom. The van der Waals surface area contributed by atoms with Gasteiger partial charge in [0.1, 0.15) is 5.01 Å². The molecule has 0 bridgehead atoms. The van der Waals surface area contributed by atoms with Crippen LogP contribution in [0.25, 0.3) is 0 Å². The van der Waals surface area contributed by atoms with Crippen LogP contribution in [-0.2, 0) is 4.74 Å². The van der Waals surface area contributed by atoms with Gasteiger partial charge in [0.05, 0.1) is 13.2 Å². The van der Waals surface area contributed by atoms with E-state index in [1.165, 1.54) is 18.4 Å². The Morgan fingerprint density at radius 2 is 2.33 bits per heavy atom. The molecule has 0 amide bonds. The summed E-state index contributed by atoms with van der Waals surface area (Å²) in [5.74, 6) is -0.390. The lowest BCUT2D eigenvalue weighted by Crippen LogP contribution is -2.10. The van der Waals surface area contributed by atoms with Crippen LogP contribution in [0.1, 0.15) is 46.2 Å². The van der Waals surface area contributed by atoms with Crippen LogP contribution in [0, 0.1) is 6.92 Å². The van der Waals surface area contributed by atoms with Gasteiger partial charge in [-0.2, -0.15) is 0 Å². The third kappa shape index (κ3) is 2.76. The molecule has 0 radical (unpaired) electrons. The van der Waals surface area contributed by atoms with Crippen molar-refractivity contribution in [2.45, 2.75) is 32.7 Å². The first-order valence-electron chi connectivity index (χ1n) is 4.91. The molecule has 1 atom stereocenters. The summed E-state index contributed by atoms with van der Waals surface area (Å²) in [6, 6.07) is -0.0721. The van der Waals surface area contributed by atoms with E-state index in [-0.39, 0.29) is 6.04 Å². The van der Waals surface area contributed by atoms with Crippen LogP contribution in [0.3, 0.4) is 0 Å². The van der Waals surface area contributed by atoms with Gasteiger partial charge in [-0.25, -0.2) is 9.78 Å². The van der Waals surface area contributed by atoms with Crippen LogP contribution in [-0.4, -0.2) is 18.1 Å². The van der Waals surface area contributed by atoms with Crippen molar-refractivity contribution in [3.63, 3.8) is 0 Å². The van der Waals surface area contributed by atoms with Crippen LogP contribution in [0.15, 0.2) is 0 Å². The van der Waals surface area contributed by atoms with Crippen molar-refractivity contribution in [2.75, 3.05) is 7.11 Å². The molecule has 1 aromatic rings. The first-order chi connectivity index (χ1) is 7.10. The molecule has 0 saturated carbocycles. The number of aromatic nitrogens is 1. The monoisotopic (exact) mass is 228 g/mol. The number of methoxy groups -OCH3 is 1. The van der Waals surface area contributed by atoms with Crippen molar-refractivity contribution in [1.29, 1.82) is 0 Å². The highest BCUT2D eigenvalue weighted by atomic mass is 32.1. The summed E-state index contributed by atoms with van der Waals surface area (Å²) in [6.45, 7) is 3.92. The predicted octanol–water partition coefficient (Wildman–Crippen LogP) is 2.04. The molecule has 2 N–H and O–H groups in total. The maximum atomic E-state index is 11.3. The summed E-state index contributed by atoms with van der Waals surface area (Å²) in [7, 11) is 1.35. The van der Waals surface area contributed by atoms with Crippen LogP contribution in [0.4, 0.5) is 0 Å². The van der Waals surface area contributed by atoms with E-state index >= 15 is 0 Å². The second-order valence-corrected chi connectivity index (χ2v) is 4.58. The maximum absolute atomic E-state index is 11.3. The number of esters is 1. The molecule has 1 aromatic heterocycles. The van der Waals surface area contributed by atoms with Crippen molar-refractivity contribution in [3.05, 3.63) is 15.6 Å². The van der Waals surface area contributed by atoms with Crippen LogP contribution < -0.4 is 5.73 Å². The Hall–Kier alpha value is -0.940. The van der Waals surface area contributed by atoms with Gasteiger partial charge in [-0.3, -0.25) is 0 Å². The van der Waals surface area contributed by atoms with Gasteiger partial charge in [-0.1, -0.05) is 13.3 Å². The number of hydrogen-bond acceptors (Lipinski definition) is 5. The minimum absolute atomic E-state index is 0.0721. The van der Waals surface area contributed by atoms with Gasteiger partial charge in [0.2, 0.25) is 0 Å². The lowest BCUT2D eigenvalue weighted by molar-refractivity contribution is 0.0594. The van der Waals surface area contributed by atoms with Crippen molar-refractivity contribution >= 4 is 17.3 Å². The van der Waals surface area contributed by atoms with Crippen LogP contribution >= 0.6 is 11.3 Å². The van der Waals surface area contributed by atoms with Gasteiger partial charge in [0, 0.05) is 4.88 Å². The zero-order valence-electron chi connectivity index (χ0n) is 9.24. The number of ether oxygens (including phenoxy) is 1. The van der Waals surface area contributed by atoms with Gasteiger partial charge >= 0.3 is 5.97 Å². The van der Waals surface area contributed by atoms with Gasteiger partial charge < -0.3 is 10.5 Å². The standard InChI is InChI=1S/C10H16N2O2S/c1-4-5-7(11)9-12-8(6(2)15-9)10(13)14-3/h7H,4-5,11H2,1-3H3. The summed E-state index contributed by atoms with van der Waals surface area (Å²) in [5.41, 5.74) is 6.32. The zero-order valence-corrected chi connectivity index (χ0v) is 10.1. The number of carbonyl (C=O) groups excluding carboxylic acids is 1. The summed E-state index contributed by atoms with van der Waals surface area (Å²) >= 11 is 1.47. The van der Waals surface area contributed by atoms with Gasteiger partial charge in [-0.15, -0.1) is 11.3 Å². The normalized spacial score (nSPS) is 12.5. The number of hydrogen-bond donors (Lipinski definition) is 1. The molecule has 5 heteroatoms. The number of nitrogens with zero attached hydrogens (tertiary/aromatic N) is 1. The fraction of sp³-hybridized carbons (Fsp3) is 0.600. The Bertz CT molecular complexity index is 349. The first kappa shape index (κ1) is 12.1. The molecule has 0 saturated heterocycles. The van der Waals surface area contributed by atoms with E-state index in [4.69, 9.17) is 5.73 Å². The quantitative estimate of drug-likeness (QED) is 0.801. The molecular weight excluding hydrogens is 212 g/mol. The SMILES string of the molecule is CCCC(N)c1nc(C(=O)OC)c(C)s1. The third-order valence-electron chi connectivity index (χ3n) is 2.11. The Balaban J connectivity index is 2.90. The second-order valence-electron chi connectivity index (χ2n) is 3.34. The molecular formula is C10H16N2O2S. The lowest BCUT2D eigenvalue weighted by Gasteiger charge is -2.04. The molecule has 0 aliphatic heterocycles. The van der Waals surface area contributed by atoms with E-state index in [0.717, 1.165) is 22.7 Å². The van der Waals surface area contributed by atoms with Gasteiger partial charge in [0.15, 0.2) is 5.69 Å². The molecule has 15 heavy (non-hydrogen) atoms. The highest BCUT2D eigenvalue weighted by molar-refractivity contribution is 7.11. The topological polar surface area (TPSA) is 65.2 Å². The fourth-order valence-corrected chi connectivity index (χ4v) is 2.24. The molecule has 1 unspecified atom stereocenters. The van der Waals surface area contributed by atoms with E-state index in [0.29, 0.717) is 5.69 Å². The molecule has 1 heterocycles. The van der Waals surface area contributed by atoms with Crippen LogP contribution in [0.2, 0.25) is 0 Å². The number of nitrogens with two attached hydrogens (primary N) is 1. The smallest absolute Gasteiger partial charge is 0.357 e. The molecule has 0 aliphatic rings. The highest BCUT2D eigenvalue weighted by Crippen LogP contribution is 2.24. The molecule has 0 aliphatic carbocycles. The minimum Gasteiger partial charge on any atom is -0.464 e. The number of rotatable bonds is 4. The molecule has 0 fully saturated rings. The van der Waals surface area contributed by atoms with Gasteiger partial charge in [-0.05, 0) is 13.3 Å². The summed E-state index contributed by atoms with van der Waals surface area (Å²) in [6.07, 6.45) is 1.89. The van der Waals surface area contributed by atoms with Crippen molar-refractivity contribution in [2.24, 2.45) is 5.73 Å². The second kappa shape index (κ2) is 5.23. The average molecular weight is 228 g/mol. The molecule has 4 nitrogen and oxygen atoms in total. The van der Waals surface area contributed by atoms with Crippen molar-refractivity contribution in [1.82, 2.24) is 4.98 Å². The lowest BCUT2D eigenvalue weighted by atomic mass is 10.2. The maximum Gasteiger partial charge on any atom is 0.357 e. The number of carbonyl (C=O) groups is 1. The van der Waals surface area contributed by atoms with Crippen LogP contribution in [0.5, 0.6) is 0 Å². The van der Waals surface area contributed by atoms with Crippen molar-refractivity contribution in [3.8, 4) is 0 Å². The number of aryl methyl sites for hydroxylation is 1. The number of thiazole rings is 1. The van der Waals surface area contributed by atoms with Crippen molar-refractivity contribution < 1.29 is 9.53 Å². The van der Waals surface area contributed by atoms with Gasteiger partial charge in [0.25, 0.3) is 0 Å². The van der Waals surface area contributed by atoms with E-state index in [9.17, 15) is 4.79 Å². The average Bonchev–Trinajstić information content (AvgIpc) is 2.60. The molecule has 1 rings (SSSR count). The third-order valence-corrected chi connectivity index (χ3v) is 3.21. The fourth-order valence-electron chi connectivity index (χ4n) is 1.30. The summed E-state index contributed by atoms with van der Waals surface area (Å²) in [4.78, 5) is 16.4. The Morgan fingerprint density at radius 3 is 2.87 bits per heavy atom. The molecule has 0 aromatic carbocycles. The Kier molecular flexibility index (Phi) is 4.23. The minimum atomic E-state index is -0.390. The predicted molar refractivity (Wildman–Crippen MR) is 60.0 cm³/mol. The van der Waals surface area contributed by atoms with E-state index in [1.54, 1.807) is 0 Å². The van der Waals surface area contributed by atoms with E-state index in [1.807, 2.05) is 6.92 Å². The molecule has 0 spiro atoms. The van der Waals surface area contributed by atoms with E-state index < -0.39 is 5.97 Å². The first-order valence-corrected chi connectivity index (χ1v) is 5.73. The van der Waals surface area contributed by atoms with E-state index in [2.05, 4.69) is 16.6 Å². The zero-order chi connectivity index (χ0) is 11.4. The Labute approximate surface area is 93.5 Å². The largest absolute Gasteiger partial charge is 0.464 e. The summed E-state index contributed by atoms with van der Waals surface area (Å²) in [5, 5.41) is 0.815.